The predicted molar refractivity (Wildman–Crippen MR) is 75.9 cm³/mol. The number of esters is 1. The van der Waals surface area contributed by atoms with E-state index < -0.39 is 18.0 Å². The summed E-state index contributed by atoms with van der Waals surface area (Å²) in [6.45, 7) is 3.08. The van der Waals surface area contributed by atoms with Crippen LogP contribution >= 0.6 is 0 Å². The second-order valence-electron chi connectivity index (χ2n) is 4.53. The highest BCUT2D eigenvalue weighted by Crippen LogP contribution is 2.14. The second-order valence-corrected chi connectivity index (χ2v) is 4.53. The molecular weight excluding hydrogens is 286 g/mol. The molecule has 1 heterocycles. The van der Waals surface area contributed by atoms with Gasteiger partial charge in [0.1, 0.15) is 6.07 Å². The first-order valence-corrected chi connectivity index (χ1v) is 6.45. The number of nitrogens with zero attached hydrogens (tertiary/aromatic N) is 2. The Labute approximate surface area is 126 Å². The molecule has 1 aromatic heterocycles. The molecule has 1 atom stereocenters. The van der Waals surface area contributed by atoms with Crippen molar-refractivity contribution in [1.82, 2.24) is 5.16 Å². The van der Waals surface area contributed by atoms with Gasteiger partial charge in [-0.2, -0.15) is 5.26 Å². The average molecular weight is 299 g/mol. The number of rotatable bonds is 4. The lowest BCUT2D eigenvalue weighted by Crippen LogP contribution is -2.30. The summed E-state index contributed by atoms with van der Waals surface area (Å²) in [4.78, 5) is 23.8. The lowest BCUT2D eigenvalue weighted by atomic mass is 10.2. The third-order valence-electron chi connectivity index (χ3n) is 2.79. The quantitative estimate of drug-likeness (QED) is 0.866. The molecule has 7 nitrogen and oxygen atoms in total. The molecule has 0 saturated heterocycles. The third-order valence-corrected chi connectivity index (χ3v) is 2.79. The molecule has 0 bridgehead atoms. The Bertz CT molecular complexity index is 745. The van der Waals surface area contributed by atoms with Crippen molar-refractivity contribution in [2.24, 2.45) is 0 Å². The highest BCUT2D eigenvalue weighted by Gasteiger charge is 2.22. The topological polar surface area (TPSA) is 105 Å². The third kappa shape index (κ3) is 3.49. The summed E-state index contributed by atoms with van der Waals surface area (Å²) in [5.74, 6) is -1.40. The van der Waals surface area contributed by atoms with Crippen LogP contribution in [-0.4, -0.2) is 23.1 Å². The van der Waals surface area contributed by atoms with E-state index in [1.165, 1.54) is 13.0 Å². The normalized spacial score (nSPS) is 11.3. The van der Waals surface area contributed by atoms with Gasteiger partial charge < -0.3 is 14.6 Å². The number of hydrogen-bond donors (Lipinski definition) is 1. The van der Waals surface area contributed by atoms with Crippen molar-refractivity contribution in [3.63, 3.8) is 0 Å². The zero-order valence-corrected chi connectivity index (χ0v) is 12.0. The van der Waals surface area contributed by atoms with Gasteiger partial charge in [-0.05, 0) is 26.0 Å². The van der Waals surface area contributed by atoms with Gasteiger partial charge >= 0.3 is 5.97 Å². The molecule has 0 aliphatic heterocycles. The Balaban J connectivity index is 2.01. The van der Waals surface area contributed by atoms with Crippen molar-refractivity contribution in [3.05, 3.63) is 47.3 Å². The Morgan fingerprint density at radius 3 is 2.77 bits per heavy atom. The summed E-state index contributed by atoms with van der Waals surface area (Å²) >= 11 is 0. The molecule has 1 N–H and O–H groups in total. The molecular formula is C15H13N3O4. The van der Waals surface area contributed by atoms with E-state index in [9.17, 15) is 9.59 Å². The van der Waals surface area contributed by atoms with Crippen LogP contribution in [0.4, 0.5) is 5.69 Å². The molecule has 0 radical (unpaired) electrons. The number of amides is 1. The van der Waals surface area contributed by atoms with Crippen LogP contribution in [0.25, 0.3) is 0 Å². The lowest BCUT2D eigenvalue weighted by molar-refractivity contribution is -0.123. The summed E-state index contributed by atoms with van der Waals surface area (Å²) in [5.41, 5.74) is 1.21. The molecule has 0 saturated carbocycles. The van der Waals surface area contributed by atoms with Crippen LogP contribution < -0.4 is 5.32 Å². The fraction of sp³-hybridized carbons (Fsp3) is 0.200. The second kappa shape index (κ2) is 6.54. The summed E-state index contributed by atoms with van der Waals surface area (Å²) < 4.78 is 9.75. The Morgan fingerprint density at radius 2 is 2.14 bits per heavy atom. The lowest BCUT2D eigenvalue weighted by Gasteiger charge is -2.13. The molecule has 0 aliphatic carbocycles. The smallest absolute Gasteiger partial charge is 0.377 e. The maximum absolute atomic E-state index is 12.0. The minimum atomic E-state index is -1.05. The van der Waals surface area contributed by atoms with Crippen molar-refractivity contribution in [2.75, 3.05) is 5.32 Å². The molecule has 2 rings (SSSR count). The predicted octanol–water partition coefficient (Wildman–Crippen LogP) is 2.04. The van der Waals surface area contributed by atoms with E-state index in [4.69, 9.17) is 14.5 Å². The molecule has 1 amide bonds. The number of benzene rings is 1. The molecule has 112 valence electrons. The van der Waals surface area contributed by atoms with Gasteiger partial charge in [0.2, 0.25) is 5.76 Å². The van der Waals surface area contributed by atoms with Gasteiger partial charge in [0.25, 0.3) is 5.91 Å². The molecule has 0 aliphatic rings. The average Bonchev–Trinajstić information content (AvgIpc) is 2.94. The van der Waals surface area contributed by atoms with Crippen LogP contribution in [0.15, 0.2) is 34.9 Å². The molecule has 0 fully saturated rings. The minimum Gasteiger partial charge on any atom is -0.447 e. The van der Waals surface area contributed by atoms with Gasteiger partial charge in [-0.1, -0.05) is 17.3 Å². The fourth-order valence-corrected chi connectivity index (χ4v) is 1.66. The summed E-state index contributed by atoms with van der Waals surface area (Å²) in [7, 11) is 0. The van der Waals surface area contributed by atoms with Crippen LogP contribution in [0.1, 0.15) is 28.7 Å². The van der Waals surface area contributed by atoms with Crippen molar-refractivity contribution in [2.45, 2.75) is 20.0 Å². The number of aryl methyl sites for hydroxylation is 1. The van der Waals surface area contributed by atoms with Crippen LogP contribution in [0.2, 0.25) is 0 Å². The molecule has 22 heavy (non-hydrogen) atoms. The summed E-state index contributed by atoms with van der Waals surface area (Å²) in [6.07, 6.45) is -1.05. The van der Waals surface area contributed by atoms with E-state index in [1.807, 2.05) is 6.07 Å². The first kappa shape index (κ1) is 15.3. The Hall–Kier alpha value is -3.14. The number of aromatic nitrogens is 1. The Kier molecular flexibility index (Phi) is 4.53. The highest BCUT2D eigenvalue weighted by molar-refractivity contribution is 5.97. The van der Waals surface area contributed by atoms with Crippen molar-refractivity contribution in [3.8, 4) is 6.07 Å². The Morgan fingerprint density at radius 1 is 1.41 bits per heavy atom. The van der Waals surface area contributed by atoms with Gasteiger partial charge in [-0.15, -0.1) is 0 Å². The SMILES string of the molecule is Cc1cc(C(=O)O[C@H](C)C(=O)Nc2ccccc2C#N)on1. The standard InChI is InChI=1S/C15H13N3O4/c1-9-7-13(22-18-9)15(20)21-10(2)14(19)17-12-6-4-3-5-11(12)8-16/h3-7,10H,1-2H3,(H,17,19)/t10-/m1/s1. The van der Waals surface area contributed by atoms with E-state index in [-0.39, 0.29) is 5.76 Å². The maximum Gasteiger partial charge on any atom is 0.377 e. The van der Waals surface area contributed by atoms with Gasteiger partial charge in [-0.25, -0.2) is 4.79 Å². The van der Waals surface area contributed by atoms with E-state index in [0.29, 0.717) is 16.9 Å². The van der Waals surface area contributed by atoms with Crippen LogP contribution in [0.3, 0.4) is 0 Å². The van der Waals surface area contributed by atoms with Gasteiger partial charge in [-0.3, -0.25) is 4.79 Å². The number of carbonyl (C=O) groups excluding carboxylic acids is 2. The molecule has 0 spiro atoms. The highest BCUT2D eigenvalue weighted by atomic mass is 16.6. The van der Waals surface area contributed by atoms with E-state index in [1.54, 1.807) is 31.2 Å². The number of carbonyl (C=O) groups is 2. The summed E-state index contributed by atoms with van der Waals surface area (Å²) in [6, 6.07) is 9.91. The van der Waals surface area contributed by atoms with E-state index in [2.05, 4.69) is 10.5 Å². The van der Waals surface area contributed by atoms with E-state index in [0.717, 1.165) is 0 Å². The number of hydrogen-bond acceptors (Lipinski definition) is 6. The number of nitriles is 1. The first-order valence-electron chi connectivity index (χ1n) is 6.45. The van der Waals surface area contributed by atoms with Gasteiger partial charge in [0.05, 0.1) is 16.9 Å². The number of ether oxygens (including phenoxy) is 1. The zero-order valence-electron chi connectivity index (χ0n) is 12.0. The van der Waals surface area contributed by atoms with Gasteiger partial charge in [0.15, 0.2) is 6.10 Å². The maximum atomic E-state index is 12.0. The molecule has 2 aromatic rings. The monoisotopic (exact) mass is 299 g/mol. The number of anilines is 1. The van der Waals surface area contributed by atoms with Gasteiger partial charge in [0, 0.05) is 6.07 Å². The van der Waals surface area contributed by atoms with Crippen LogP contribution in [-0.2, 0) is 9.53 Å². The molecule has 1 aromatic carbocycles. The summed E-state index contributed by atoms with van der Waals surface area (Å²) in [5, 5.41) is 15.1. The fourth-order valence-electron chi connectivity index (χ4n) is 1.66. The first-order chi connectivity index (χ1) is 10.5. The molecule has 7 heteroatoms. The largest absolute Gasteiger partial charge is 0.447 e. The molecule has 0 unspecified atom stereocenters. The van der Waals surface area contributed by atoms with Crippen molar-refractivity contribution in [1.29, 1.82) is 5.26 Å². The van der Waals surface area contributed by atoms with E-state index >= 15 is 0 Å². The van der Waals surface area contributed by atoms with Crippen molar-refractivity contribution >= 4 is 17.6 Å². The minimum absolute atomic E-state index is 0.0745. The zero-order chi connectivity index (χ0) is 16.1. The number of nitrogens with one attached hydrogen (secondary N) is 1. The van der Waals surface area contributed by atoms with Crippen LogP contribution in [0.5, 0.6) is 0 Å². The van der Waals surface area contributed by atoms with Crippen LogP contribution in [0, 0.1) is 18.3 Å². The number of para-hydroxylation sites is 1. The van der Waals surface area contributed by atoms with Crippen molar-refractivity contribution < 1.29 is 18.8 Å².